The zero-order valence-electron chi connectivity index (χ0n) is 14.2. The van der Waals surface area contributed by atoms with Crippen molar-refractivity contribution in [1.29, 1.82) is 0 Å². The van der Waals surface area contributed by atoms with Gasteiger partial charge in [-0.25, -0.2) is 27.1 Å². The number of sulfonamides is 2. The summed E-state index contributed by atoms with van der Waals surface area (Å²) in [6.07, 6.45) is 5.00. The summed E-state index contributed by atoms with van der Waals surface area (Å²) in [6.45, 7) is 0. The van der Waals surface area contributed by atoms with Crippen molar-refractivity contribution in [2.45, 2.75) is 28.2 Å². The highest BCUT2D eigenvalue weighted by Gasteiger charge is 2.38. The Morgan fingerprint density at radius 1 is 0.889 bits per heavy atom. The lowest BCUT2D eigenvalue weighted by Crippen LogP contribution is -2.29. The Bertz CT molecular complexity index is 1140. The highest BCUT2D eigenvalue weighted by Crippen LogP contribution is 2.50. The molecule has 1 aliphatic heterocycles. The molecule has 2 aromatic rings. The van der Waals surface area contributed by atoms with Crippen LogP contribution in [0.2, 0.25) is 0 Å². The molecule has 27 heavy (non-hydrogen) atoms. The summed E-state index contributed by atoms with van der Waals surface area (Å²) in [5.41, 5.74) is 2.69. The van der Waals surface area contributed by atoms with Crippen LogP contribution < -0.4 is 15.6 Å². The van der Waals surface area contributed by atoms with Crippen LogP contribution in [0.3, 0.4) is 0 Å². The van der Waals surface area contributed by atoms with Crippen LogP contribution in [0.25, 0.3) is 0 Å². The van der Waals surface area contributed by atoms with Gasteiger partial charge in [-0.3, -0.25) is 0 Å². The van der Waals surface area contributed by atoms with Crippen LogP contribution in [-0.2, 0) is 20.0 Å². The van der Waals surface area contributed by atoms with Gasteiger partial charge in [0.05, 0.1) is 15.8 Å². The van der Waals surface area contributed by atoms with Gasteiger partial charge in [0.1, 0.15) is 0 Å². The van der Waals surface area contributed by atoms with Crippen molar-refractivity contribution in [2.75, 3.05) is 5.32 Å². The van der Waals surface area contributed by atoms with Gasteiger partial charge in [0.2, 0.25) is 20.0 Å². The molecule has 142 valence electrons. The van der Waals surface area contributed by atoms with Crippen LogP contribution in [0.15, 0.2) is 64.4 Å². The lowest BCUT2D eigenvalue weighted by molar-refractivity contribution is 0.425. The fourth-order valence-electron chi connectivity index (χ4n) is 3.94. The lowest BCUT2D eigenvalue weighted by Gasteiger charge is -2.37. The molecule has 0 saturated heterocycles. The first-order valence-electron chi connectivity index (χ1n) is 8.37. The van der Waals surface area contributed by atoms with E-state index in [1.165, 1.54) is 18.2 Å². The molecule has 5 N–H and O–H groups in total. The number of benzene rings is 2. The van der Waals surface area contributed by atoms with Gasteiger partial charge in [-0.05, 0) is 53.8 Å². The molecule has 1 heterocycles. The van der Waals surface area contributed by atoms with Crippen molar-refractivity contribution < 1.29 is 16.8 Å². The summed E-state index contributed by atoms with van der Waals surface area (Å²) in [4.78, 5) is 0.166. The SMILES string of the molecule is NS(=O)(=O)c1ccc(C2Nc3ccc(S(N)(=O)=O)cc3C3C=CCC32)cc1. The van der Waals surface area contributed by atoms with Crippen LogP contribution in [0.5, 0.6) is 0 Å². The standard InChI is InChI=1S/C18H19N3O4S2/c19-26(22,23)12-6-4-11(5-7-12)18-15-3-1-2-14(15)16-10-13(27(20,24)25)8-9-17(16)21-18/h1-2,4-10,14-15,18,21H,3H2,(H2,19,22,23)(H2,20,24,25). The summed E-state index contributed by atoms with van der Waals surface area (Å²) in [5, 5.41) is 13.9. The normalized spacial score (nSPS) is 24.1. The van der Waals surface area contributed by atoms with Crippen LogP contribution in [0, 0.1) is 5.92 Å². The zero-order valence-corrected chi connectivity index (χ0v) is 15.9. The van der Waals surface area contributed by atoms with E-state index in [0.29, 0.717) is 0 Å². The minimum atomic E-state index is -3.77. The van der Waals surface area contributed by atoms with E-state index in [2.05, 4.69) is 17.5 Å². The molecule has 2 aliphatic rings. The second-order valence-electron chi connectivity index (χ2n) is 6.88. The van der Waals surface area contributed by atoms with Gasteiger partial charge in [-0.2, -0.15) is 0 Å². The largest absolute Gasteiger partial charge is 0.378 e. The van der Waals surface area contributed by atoms with E-state index < -0.39 is 20.0 Å². The van der Waals surface area contributed by atoms with Gasteiger partial charge in [0.15, 0.2) is 0 Å². The minimum absolute atomic E-state index is 0.0348. The number of allylic oxidation sites excluding steroid dienone is 2. The van der Waals surface area contributed by atoms with Crippen LogP contribution in [0.4, 0.5) is 5.69 Å². The predicted octanol–water partition coefficient (Wildman–Crippen LogP) is 1.81. The van der Waals surface area contributed by atoms with Gasteiger partial charge in [-0.1, -0.05) is 24.3 Å². The minimum Gasteiger partial charge on any atom is -0.378 e. The van der Waals surface area contributed by atoms with Gasteiger partial charge >= 0.3 is 0 Å². The van der Waals surface area contributed by atoms with Crippen molar-refractivity contribution >= 4 is 25.7 Å². The monoisotopic (exact) mass is 405 g/mol. The van der Waals surface area contributed by atoms with Crippen molar-refractivity contribution in [1.82, 2.24) is 0 Å². The first kappa shape index (κ1) is 18.2. The molecule has 0 spiro atoms. The Morgan fingerprint density at radius 2 is 1.52 bits per heavy atom. The molecule has 0 fully saturated rings. The van der Waals surface area contributed by atoms with E-state index in [4.69, 9.17) is 10.3 Å². The topological polar surface area (TPSA) is 132 Å². The highest BCUT2D eigenvalue weighted by atomic mass is 32.2. The third-order valence-electron chi connectivity index (χ3n) is 5.23. The molecule has 2 aromatic carbocycles. The Labute approximate surface area is 158 Å². The summed E-state index contributed by atoms with van der Waals surface area (Å²) >= 11 is 0. The Kier molecular flexibility index (Phi) is 4.15. The quantitative estimate of drug-likeness (QED) is 0.670. The number of rotatable bonds is 3. The van der Waals surface area contributed by atoms with Gasteiger partial charge in [-0.15, -0.1) is 0 Å². The van der Waals surface area contributed by atoms with Gasteiger partial charge < -0.3 is 5.32 Å². The maximum Gasteiger partial charge on any atom is 0.238 e. The Morgan fingerprint density at radius 3 is 2.15 bits per heavy atom. The van der Waals surface area contributed by atoms with Crippen molar-refractivity contribution in [3.8, 4) is 0 Å². The fourth-order valence-corrected chi connectivity index (χ4v) is 5.01. The molecule has 9 heteroatoms. The number of fused-ring (bicyclic) bond motifs is 3. The molecule has 0 saturated carbocycles. The van der Waals surface area contributed by atoms with E-state index in [9.17, 15) is 16.8 Å². The molecule has 3 unspecified atom stereocenters. The zero-order chi connectivity index (χ0) is 19.4. The van der Waals surface area contributed by atoms with E-state index >= 15 is 0 Å². The summed E-state index contributed by atoms with van der Waals surface area (Å²) < 4.78 is 46.3. The summed E-state index contributed by atoms with van der Waals surface area (Å²) in [5.74, 6) is 0.249. The first-order valence-corrected chi connectivity index (χ1v) is 11.5. The Balaban J connectivity index is 1.74. The second-order valence-corrected chi connectivity index (χ2v) is 10.0. The maximum atomic E-state index is 11.7. The maximum absolute atomic E-state index is 11.7. The highest BCUT2D eigenvalue weighted by molar-refractivity contribution is 7.89. The number of anilines is 1. The fraction of sp³-hybridized carbons (Fsp3) is 0.222. The number of primary sulfonamides is 2. The van der Waals surface area contributed by atoms with Crippen LogP contribution >= 0.6 is 0 Å². The third-order valence-corrected chi connectivity index (χ3v) is 7.07. The van der Waals surface area contributed by atoms with Crippen LogP contribution in [0.1, 0.15) is 29.5 Å². The van der Waals surface area contributed by atoms with Crippen molar-refractivity contribution in [3.63, 3.8) is 0 Å². The average Bonchev–Trinajstić information content (AvgIpc) is 3.09. The molecular weight excluding hydrogens is 386 g/mol. The van der Waals surface area contributed by atoms with Crippen molar-refractivity contribution in [3.05, 3.63) is 65.7 Å². The number of nitrogens with one attached hydrogen (secondary N) is 1. The van der Waals surface area contributed by atoms with Gasteiger partial charge in [0, 0.05) is 11.6 Å². The number of hydrogen-bond donors (Lipinski definition) is 3. The van der Waals surface area contributed by atoms with E-state index in [1.807, 2.05) is 0 Å². The van der Waals surface area contributed by atoms with Gasteiger partial charge in [0.25, 0.3) is 0 Å². The summed E-state index contributed by atoms with van der Waals surface area (Å²) in [7, 11) is -7.51. The molecule has 0 radical (unpaired) electrons. The molecule has 4 rings (SSSR count). The first-order chi connectivity index (χ1) is 12.6. The number of hydrogen-bond acceptors (Lipinski definition) is 5. The van der Waals surface area contributed by atoms with Crippen molar-refractivity contribution in [2.24, 2.45) is 16.2 Å². The molecule has 3 atom stereocenters. The molecule has 0 aromatic heterocycles. The Hall–Kier alpha value is -2.20. The molecule has 1 aliphatic carbocycles. The molecule has 0 amide bonds. The predicted molar refractivity (Wildman–Crippen MR) is 102 cm³/mol. The average molecular weight is 406 g/mol. The van der Waals surface area contributed by atoms with E-state index in [-0.39, 0.29) is 27.7 Å². The van der Waals surface area contributed by atoms with Crippen LogP contribution in [-0.4, -0.2) is 16.8 Å². The molecular formula is C18H19N3O4S2. The molecule has 7 nitrogen and oxygen atoms in total. The smallest absolute Gasteiger partial charge is 0.238 e. The van der Waals surface area contributed by atoms with E-state index in [0.717, 1.165) is 23.2 Å². The van der Waals surface area contributed by atoms with E-state index in [1.54, 1.807) is 24.3 Å². The molecule has 0 bridgehead atoms. The third kappa shape index (κ3) is 3.27. The lowest BCUT2D eigenvalue weighted by atomic mass is 9.77. The number of nitrogens with two attached hydrogens (primary N) is 2. The second kappa shape index (κ2) is 6.16. The summed E-state index contributed by atoms with van der Waals surface area (Å²) in [6, 6.07) is 11.3.